The van der Waals surface area contributed by atoms with Gasteiger partial charge in [0.15, 0.2) is 0 Å². The van der Waals surface area contributed by atoms with E-state index in [0.29, 0.717) is 0 Å². The average Bonchev–Trinajstić information content (AvgIpc) is 2.61. The Morgan fingerprint density at radius 3 is 2.58 bits per heavy atom. The van der Waals surface area contributed by atoms with E-state index < -0.39 is 0 Å². The number of aryl methyl sites for hydroxylation is 1. The zero-order valence-corrected chi connectivity index (χ0v) is 13.8. The Labute approximate surface area is 141 Å². The topological polar surface area (TPSA) is 54.0 Å². The summed E-state index contributed by atoms with van der Waals surface area (Å²) < 4.78 is 0. The number of carbonyl (C=O) groups is 1. The first-order valence-corrected chi connectivity index (χ1v) is 8.27. The Morgan fingerprint density at radius 1 is 1.00 bits per heavy atom. The van der Waals surface area contributed by atoms with Gasteiger partial charge >= 0.3 is 6.03 Å². The quantitative estimate of drug-likeness (QED) is 0.677. The number of pyridine rings is 1. The van der Waals surface area contributed by atoms with Gasteiger partial charge in [0.1, 0.15) is 0 Å². The number of anilines is 2. The maximum atomic E-state index is 12.2. The molecule has 0 unspecified atom stereocenters. The molecule has 2 amide bonds. The van der Waals surface area contributed by atoms with E-state index in [2.05, 4.69) is 34.7 Å². The summed E-state index contributed by atoms with van der Waals surface area (Å²) in [6.07, 6.45) is 5.14. The lowest BCUT2D eigenvalue weighted by molar-refractivity contribution is 0.262. The molecule has 0 saturated carbocycles. The fraction of sp³-hybridized carbons (Fsp3) is 0.200. The van der Waals surface area contributed by atoms with Crippen molar-refractivity contribution in [2.75, 3.05) is 10.6 Å². The third-order valence-corrected chi connectivity index (χ3v) is 3.93. The Hall–Kier alpha value is -2.88. The number of hydrogen-bond acceptors (Lipinski definition) is 2. The minimum Gasteiger partial charge on any atom is -0.308 e. The van der Waals surface area contributed by atoms with Crippen LogP contribution >= 0.6 is 0 Å². The number of nitrogens with zero attached hydrogens (tertiary/aromatic N) is 1. The predicted molar refractivity (Wildman–Crippen MR) is 99.4 cm³/mol. The highest BCUT2D eigenvalue weighted by molar-refractivity contribution is 6.05. The Kier molecular flexibility index (Phi) is 5.06. The second-order valence-corrected chi connectivity index (χ2v) is 5.76. The van der Waals surface area contributed by atoms with Crippen LogP contribution < -0.4 is 10.6 Å². The number of carbonyl (C=O) groups excluding carboxylic acids is 1. The van der Waals surface area contributed by atoms with Crippen molar-refractivity contribution in [3.05, 3.63) is 66.4 Å². The summed E-state index contributed by atoms with van der Waals surface area (Å²) in [5.41, 5.74) is 3.68. The first-order valence-electron chi connectivity index (χ1n) is 8.27. The van der Waals surface area contributed by atoms with Crippen LogP contribution in [-0.2, 0) is 6.42 Å². The molecule has 122 valence electrons. The van der Waals surface area contributed by atoms with Crippen LogP contribution in [0, 0.1) is 0 Å². The normalized spacial score (nSPS) is 10.5. The second-order valence-electron chi connectivity index (χ2n) is 5.76. The summed E-state index contributed by atoms with van der Waals surface area (Å²) in [7, 11) is 0. The zero-order valence-electron chi connectivity index (χ0n) is 13.8. The highest BCUT2D eigenvalue weighted by Gasteiger charge is 2.06. The van der Waals surface area contributed by atoms with E-state index in [9.17, 15) is 4.79 Å². The molecular weight excluding hydrogens is 298 g/mol. The molecule has 24 heavy (non-hydrogen) atoms. The van der Waals surface area contributed by atoms with Crippen LogP contribution in [-0.4, -0.2) is 11.0 Å². The number of fused-ring (bicyclic) bond motifs is 1. The number of para-hydroxylation sites is 1. The van der Waals surface area contributed by atoms with Crippen molar-refractivity contribution in [3.63, 3.8) is 0 Å². The second kappa shape index (κ2) is 7.59. The molecule has 1 aromatic heterocycles. The van der Waals surface area contributed by atoms with Gasteiger partial charge in [0, 0.05) is 17.3 Å². The van der Waals surface area contributed by atoms with Gasteiger partial charge in [-0.25, -0.2) is 4.79 Å². The van der Waals surface area contributed by atoms with Crippen LogP contribution in [0.5, 0.6) is 0 Å². The molecule has 0 atom stereocenters. The number of nitrogens with one attached hydrogen (secondary N) is 2. The van der Waals surface area contributed by atoms with Crippen LogP contribution in [0.1, 0.15) is 25.3 Å². The third-order valence-electron chi connectivity index (χ3n) is 3.93. The molecule has 2 aromatic carbocycles. The first-order chi connectivity index (χ1) is 11.8. The van der Waals surface area contributed by atoms with Crippen molar-refractivity contribution in [2.24, 2.45) is 0 Å². The van der Waals surface area contributed by atoms with Gasteiger partial charge < -0.3 is 10.6 Å². The summed E-state index contributed by atoms with van der Waals surface area (Å²) in [6, 6.07) is 17.3. The molecule has 0 aliphatic carbocycles. The predicted octanol–water partition coefficient (Wildman–Crippen LogP) is 5.22. The van der Waals surface area contributed by atoms with E-state index in [1.54, 1.807) is 12.3 Å². The smallest absolute Gasteiger partial charge is 0.308 e. The largest absolute Gasteiger partial charge is 0.323 e. The van der Waals surface area contributed by atoms with Crippen LogP contribution in [0.25, 0.3) is 10.9 Å². The lowest BCUT2D eigenvalue weighted by Crippen LogP contribution is -2.19. The lowest BCUT2D eigenvalue weighted by Gasteiger charge is -2.10. The SMILES string of the molecule is CCCCc1ccc(NC(=O)Nc2ccnc3ccccc23)cc1. The van der Waals surface area contributed by atoms with Crippen molar-refractivity contribution in [1.82, 2.24) is 4.98 Å². The Bertz CT molecular complexity index is 822. The lowest BCUT2D eigenvalue weighted by atomic mass is 10.1. The van der Waals surface area contributed by atoms with E-state index in [0.717, 1.165) is 28.7 Å². The van der Waals surface area contributed by atoms with E-state index in [1.165, 1.54) is 18.4 Å². The summed E-state index contributed by atoms with van der Waals surface area (Å²) in [5.74, 6) is 0. The van der Waals surface area contributed by atoms with Crippen LogP contribution in [0.2, 0.25) is 0 Å². The average molecular weight is 319 g/mol. The van der Waals surface area contributed by atoms with E-state index in [4.69, 9.17) is 0 Å². The zero-order chi connectivity index (χ0) is 16.8. The fourth-order valence-electron chi connectivity index (χ4n) is 2.63. The van der Waals surface area contributed by atoms with Crippen LogP contribution in [0.15, 0.2) is 60.8 Å². The van der Waals surface area contributed by atoms with Crippen molar-refractivity contribution in [2.45, 2.75) is 26.2 Å². The van der Waals surface area contributed by atoms with Gasteiger partial charge in [0.05, 0.1) is 11.2 Å². The molecule has 0 saturated heterocycles. The maximum Gasteiger partial charge on any atom is 0.323 e. The van der Waals surface area contributed by atoms with Crippen molar-refractivity contribution >= 4 is 28.3 Å². The van der Waals surface area contributed by atoms with Crippen LogP contribution in [0.3, 0.4) is 0 Å². The fourth-order valence-corrected chi connectivity index (χ4v) is 2.63. The summed E-state index contributed by atoms with van der Waals surface area (Å²) in [6.45, 7) is 2.18. The standard InChI is InChI=1S/C20H21N3O/c1-2-3-6-15-9-11-16(12-10-15)22-20(24)23-19-13-14-21-18-8-5-4-7-17(18)19/h4-5,7-14H,2-3,6H2,1H3,(H2,21,22,23,24). The highest BCUT2D eigenvalue weighted by atomic mass is 16.2. The molecule has 0 radical (unpaired) electrons. The first kappa shape index (κ1) is 16.0. The molecular formula is C20H21N3O. The van der Waals surface area contributed by atoms with Crippen molar-refractivity contribution in [1.29, 1.82) is 0 Å². The molecule has 0 aliphatic heterocycles. The van der Waals surface area contributed by atoms with Gasteiger partial charge in [-0.2, -0.15) is 0 Å². The summed E-state index contributed by atoms with van der Waals surface area (Å²) in [5, 5.41) is 6.68. The van der Waals surface area contributed by atoms with Gasteiger partial charge in [0.2, 0.25) is 0 Å². The number of aromatic nitrogens is 1. The molecule has 3 rings (SSSR count). The van der Waals surface area contributed by atoms with E-state index in [-0.39, 0.29) is 6.03 Å². The van der Waals surface area contributed by atoms with Gasteiger partial charge in [0.25, 0.3) is 0 Å². The third kappa shape index (κ3) is 3.90. The highest BCUT2D eigenvalue weighted by Crippen LogP contribution is 2.21. The molecule has 0 fully saturated rings. The molecule has 4 heteroatoms. The minimum absolute atomic E-state index is 0.257. The number of unbranched alkanes of at least 4 members (excludes halogenated alkanes) is 1. The number of urea groups is 1. The molecule has 0 bridgehead atoms. The number of hydrogen-bond donors (Lipinski definition) is 2. The summed E-state index contributed by atoms with van der Waals surface area (Å²) in [4.78, 5) is 16.5. The van der Waals surface area contributed by atoms with Gasteiger partial charge in [-0.05, 0) is 42.7 Å². The van der Waals surface area contributed by atoms with Gasteiger partial charge in [-0.1, -0.05) is 43.7 Å². The monoisotopic (exact) mass is 319 g/mol. The Morgan fingerprint density at radius 2 is 1.79 bits per heavy atom. The van der Waals surface area contributed by atoms with E-state index >= 15 is 0 Å². The number of amides is 2. The molecule has 0 spiro atoms. The molecule has 2 N–H and O–H groups in total. The summed E-state index contributed by atoms with van der Waals surface area (Å²) >= 11 is 0. The van der Waals surface area contributed by atoms with Crippen molar-refractivity contribution in [3.8, 4) is 0 Å². The van der Waals surface area contributed by atoms with Gasteiger partial charge in [-0.15, -0.1) is 0 Å². The molecule has 3 aromatic rings. The number of rotatable bonds is 5. The maximum absolute atomic E-state index is 12.2. The molecule has 4 nitrogen and oxygen atoms in total. The Balaban J connectivity index is 1.67. The molecule has 1 heterocycles. The van der Waals surface area contributed by atoms with Crippen molar-refractivity contribution < 1.29 is 4.79 Å². The number of benzene rings is 2. The van der Waals surface area contributed by atoms with Crippen LogP contribution in [0.4, 0.5) is 16.2 Å². The molecule has 0 aliphatic rings. The van der Waals surface area contributed by atoms with E-state index in [1.807, 2.05) is 36.4 Å². The minimum atomic E-state index is -0.257. The van der Waals surface area contributed by atoms with Gasteiger partial charge in [-0.3, -0.25) is 4.98 Å².